The molecule has 1 N–H and O–H groups in total. The summed E-state index contributed by atoms with van der Waals surface area (Å²) < 4.78 is 5.78. The number of aryl methyl sites for hydroxylation is 1. The van der Waals surface area contributed by atoms with E-state index >= 15 is 0 Å². The second-order valence-corrected chi connectivity index (χ2v) is 8.98. The molecule has 2 aromatic carbocycles. The van der Waals surface area contributed by atoms with Gasteiger partial charge in [-0.05, 0) is 30.3 Å². The van der Waals surface area contributed by atoms with Crippen molar-refractivity contribution in [3.8, 4) is 17.1 Å². The van der Waals surface area contributed by atoms with Crippen molar-refractivity contribution in [2.45, 2.75) is 19.4 Å². The van der Waals surface area contributed by atoms with Crippen molar-refractivity contribution in [1.29, 1.82) is 0 Å². The normalized spacial score (nSPS) is 13.7. The van der Waals surface area contributed by atoms with E-state index in [4.69, 9.17) is 16.3 Å². The van der Waals surface area contributed by atoms with Gasteiger partial charge in [0.15, 0.2) is 5.82 Å². The van der Waals surface area contributed by atoms with Crippen LogP contribution >= 0.6 is 23.4 Å². The molecular formula is C23H23ClN4O3S. The van der Waals surface area contributed by atoms with Gasteiger partial charge in [-0.25, -0.2) is 0 Å². The molecule has 9 heteroatoms. The Balaban J connectivity index is 1.35. The molecule has 0 saturated carbocycles. The molecule has 32 heavy (non-hydrogen) atoms. The van der Waals surface area contributed by atoms with Crippen molar-refractivity contribution >= 4 is 29.3 Å². The van der Waals surface area contributed by atoms with Crippen molar-refractivity contribution < 1.29 is 9.53 Å². The number of nitrogens with zero attached hydrogens (tertiary/aromatic N) is 3. The average Bonchev–Trinajstić information content (AvgIpc) is 2.83. The van der Waals surface area contributed by atoms with Gasteiger partial charge in [-0.2, -0.15) is 11.8 Å². The van der Waals surface area contributed by atoms with Crippen LogP contribution in [0.4, 0.5) is 0 Å². The minimum absolute atomic E-state index is 0.0583. The molecule has 0 aliphatic carbocycles. The molecule has 1 aliphatic rings. The summed E-state index contributed by atoms with van der Waals surface area (Å²) >= 11 is 8.00. The number of thioether (sulfide) groups is 1. The van der Waals surface area contributed by atoms with Crippen molar-refractivity contribution in [3.63, 3.8) is 0 Å². The van der Waals surface area contributed by atoms with Gasteiger partial charge in [-0.1, -0.05) is 29.8 Å². The molecule has 4 rings (SSSR count). The van der Waals surface area contributed by atoms with E-state index in [0.717, 1.165) is 30.2 Å². The van der Waals surface area contributed by atoms with Gasteiger partial charge in [0, 0.05) is 53.6 Å². The Labute approximate surface area is 195 Å². The van der Waals surface area contributed by atoms with Crippen LogP contribution in [0.15, 0.2) is 53.3 Å². The number of carbonyl (C=O) groups is 1. The van der Waals surface area contributed by atoms with Crippen molar-refractivity contribution in [2.75, 3.05) is 24.6 Å². The van der Waals surface area contributed by atoms with Gasteiger partial charge < -0.3 is 14.6 Å². The van der Waals surface area contributed by atoms with Gasteiger partial charge in [0.25, 0.3) is 5.56 Å². The first-order valence-electron chi connectivity index (χ1n) is 10.4. The highest BCUT2D eigenvalue weighted by atomic mass is 35.5. The molecule has 1 aliphatic heterocycles. The summed E-state index contributed by atoms with van der Waals surface area (Å²) in [6.45, 7) is 1.89. The van der Waals surface area contributed by atoms with E-state index in [1.165, 1.54) is 0 Å². The quantitative estimate of drug-likeness (QED) is 0.568. The predicted molar refractivity (Wildman–Crippen MR) is 126 cm³/mol. The van der Waals surface area contributed by atoms with Crippen LogP contribution in [-0.4, -0.2) is 50.6 Å². The first kappa shape index (κ1) is 22.4. The Hall–Kier alpha value is -2.84. The number of carbonyl (C=O) groups excluding carboxylic acids is 1. The summed E-state index contributed by atoms with van der Waals surface area (Å²) in [5, 5.41) is 8.87. The maximum absolute atomic E-state index is 12.4. The van der Waals surface area contributed by atoms with Gasteiger partial charge in [0.1, 0.15) is 18.1 Å². The molecule has 7 nitrogen and oxygen atoms in total. The Kier molecular flexibility index (Phi) is 7.44. The third-order valence-electron chi connectivity index (χ3n) is 5.18. The largest absolute Gasteiger partial charge is 0.489 e. The standard InChI is InChI=1S/C23H23ClN4O3S/c24-19-4-2-1-3-17(19)15-31-18-7-5-16(6-8-18)22-25-23(30)20(26-27-22)9-10-21(29)28-11-13-32-14-12-28/h1-8H,9-15H2,(H,25,27,30). The highest BCUT2D eigenvalue weighted by Gasteiger charge is 2.17. The maximum Gasteiger partial charge on any atom is 0.273 e. The van der Waals surface area contributed by atoms with Crippen molar-refractivity contribution in [1.82, 2.24) is 20.1 Å². The summed E-state index contributed by atoms with van der Waals surface area (Å²) in [5.41, 5.74) is 1.57. The number of halogens is 1. The molecule has 1 fully saturated rings. The number of hydrogen-bond donors (Lipinski definition) is 1. The molecule has 0 radical (unpaired) electrons. The van der Waals surface area contributed by atoms with Gasteiger partial charge in [0.05, 0.1) is 0 Å². The van der Waals surface area contributed by atoms with Crippen LogP contribution in [-0.2, 0) is 17.8 Å². The third kappa shape index (κ3) is 5.69. The lowest BCUT2D eigenvalue weighted by atomic mass is 10.2. The number of aromatic amines is 1. The van der Waals surface area contributed by atoms with Crippen LogP contribution in [0, 0.1) is 0 Å². The fourth-order valence-electron chi connectivity index (χ4n) is 3.34. The minimum Gasteiger partial charge on any atom is -0.489 e. The monoisotopic (exact) mass is 470 g/mol. The smallest absolute Gasteiger partial charge is 0.273 e. The molecule has 2 heterocycles. The number of benzene rings is 2. The van der Waals surface area contributed by atoms with Crippen molar-refractivity contribution in [3.05, 3.63) is 75.2 Å². The molecule has 0 unspecified atom stereocenters. The van der Waals surface area contributed by atoms with E-state index in [9.17, 15) is 9.59 Å². The van der Waals surface area contributed by atoms with Crippen LogP contribution in [0.2, 0.25) is 5.02 Å². The molecule has 1 aromatic heterocycles. The molecule has 1 saturated heterocycles. The minimum atomic E-state index is -0.323. The van der Waals surface area contributed by atoms with Crippen LogP contribution in [0.1, 0.15) is 17.7 Å². The number of ether oxygens (including phenoxy) is 1. The lowest BCUT2D eigenvalue weighted by Gasteiger charge is -2.26. The summed E-state index contributed by atoms with van der Waals surface area (Å²) in [5.74, 6) is 3.03. The van der Waals surface area contributed by atoms with Crippen molar-refractivity contribution in [2.24, 2.45) is 0 Å². The number of rotatable bonds is 7. The van der Waals surface area contributed by atoms with Crippen LogP contribution in [0.5, 0.6) is 5.75 Å². The molecule has 0 spiro atoms. The van der Waals surface area contributed by atoms with E-state index in [2.05, 4.69) is 15.2 Å². The molecular weight excluding hydrogens is 448 g/mol. The van der Waals surface area contributed by atoms with Crippen LogP contribution in [0.25, 0.3) is 11.4 Å². The van der Waals surface area contributed by atoms with Gasteiger partial charge >= 0.3 is 0 Å². The van der Waals surface area contributed by atoms with Crippen LogP contribution in [0.3, 0.4) is 0 Å². The number of aromatic nitrogens is 3. The second kappa shape index (κ2) is 10.7. The fraction of sp³-hybridized carbons (Fsp3) is 0.304. The average molecular weight is 471 g/mol. The Morgan fingerprint density at radius 2 is 1.84 bits per heavy atom. The lowest BCUT2D eigenvalue weighted by molar-refractivity contribution is -0.130. The molecule has 166 valence electrons. The molecule has 1 amide bonds. The summed E-state index contributed by atoms with van der Waals surface area (Å²) in [6.07, 6.45) is 0.541. The van der Waals surface area contributed by atoms with E-state index in [0.29, 0.717) is 28.8 Å². The zero-order chi connectivity index (χ0) is 22.3. The van der Waals surface area contributed by atoms with Gasteiger partial charge in [-0.3, -0.25) is 9.59 Å². The lowest BCUT2D eigenvalue weighted by Crippen LogP contribution is -2.38. The number of amides is 1. The van der Waals surface area contributed by atoms with E-state index in [1.54, 1.807) is 24.3 Å². The van der Waals surface area contributed by atoms with Gasteiger partial charge in [0.2, 0.25) is 5.91 Å². The number of H-pyrrole nitrogens is 1. The Bertz CT molecular complexity index is 1130. The van der Waals surface area contributed by atoms with E-state index < -0.39 is 0 Å². The summed E-state index contributed by atoms with van der Waals surface area (Å²) in [7, 11) is 0. The number of hydrogen-bond acceptors (Lipinski definition) is 6. The fourth-order valence-corrected chi connectivity index (χ4v) is 4.43. The third-order valence-corrected chi connectivity index (χ3v) is 6.50. The summed E-state index contributed by atoms with van der Waals surface area (Å²) in [6, 6.07) is 14.7. The molecule has 3 aromatic rings. The summed E-state index contributed by atoms with van der Waals surface area (Å²) in [4.78, 5) is 29.4. The first-order chi connectivity index (χ1) is 15.6. The van der Waals surface area contributed by atoms with Crippen LogP contribution < -0.4 is 10.3 Å². The van der Waals surface area contributed by atoms with E-state index in [1.807, 2.05) is 40.9 Å². The highest BCUT2D eigenvalue weighted by Crippen LogP contribution is 2.21. The topological polar surface area (TPSA) is 88.2 Å². The number of nitrogens with one attached hydrogen (secondary N) is 1. The molecule has 0 atom stereocenters. The second-order valence-electron chi connectivity index (χ2n) is 7.35. The molecule has 0 bridgehead atoms. The zero-order valence-corrected chi connectivity index (χ0v) is 19.0. The maximum atomic E-state index is 12.4. The van der Waals surface area contributed by atoms with Gasteiger partial charge in [-0.15, -0.1) is 10.2 Å². The Morgan fingerprint density at radius 3 is 2.56 bits per heavy atom. The Morgan fingerprint density at radius 1 is 1.09 bits per heavy atom. The van der Waals surface area contributed by atoms with E-state index in [-0.39, 0.29) is 30.0 Å². The SMILES string of the molecule is O=C(CCc1nnc(-c2ccc(OCc3ccccc3Cl)cc2)[nH]c1=O)N1CCSCC1. The predicted octanol–water partition coefficient (Wildman–Crippen LogP) is 3.57. The zero-order valence-electron chi connectivity index (χ0n) is 17.4. The first-order valence-corrected chi connectivity index (χ1v) is 11.9. The highest BCUT2D eigenvalue weighted by molar-refractivity contribution is 7.99.